The maximum absolute atomic E-state index is 8.92. The molecule has 1 aromatic rings. The van der Waals surface area contributed by atoms with Gasteiger partial charge in [-0.15, -0.1) is 0 Å². The molecule has 0 spiro atoms. The van der Waals surface area contributed by atoms with Crippen LogP contribution in [0.3, 0.4) is 0 Å². The molecule has 0 fully saturated rings. The summed E-state index contributed by atoms with van der Waals surface area (Å²) in [5.41, 5.74) is 1.98. The highest BCUT2D eigenvalue weighted by molar-refractivity contribution is 7.78. The second-order valence-corrected chi connectivity index (χ2v) is 10.6. The van der Waals surface area contributed by atoms with Gasteiger partial charge in [-0.25, -0.2) is 0 Å². The molecule has 0 unspecified atom stereocenters. The zero-order valence-electron chi connectivity index (χ0n) is 15.2. The van der Waals surface area contributed by atoms with E-state index in [0.717, 1.165) is 5.56 Å². The van der Waals surface area contributed by atoms with Crippen molar-refractivity contribution in [1.29, 1.82) is 5.26 Å². The Kier molecular flexibility index (Phi) is 9.89. The maximum atomic E-state index is 8.92. The molecule has 0 saturated carbocycles. The van der Waals surface area contributed by atoms with Gasteiger partial charge in [0.1, 0.15) is 0 Å². The van der Waals surface area contributed by atoms with Crippen LogP contribution in [-0.2, 0) is 0 Å². The van der Waals surface area contributed by atoms with Gasteiger partial charge in [0.05, 0.1) is 35.9 Å². The highest BCUT2D eigenvalue weighted by atomic mass is 31.2. The van der Waals surface area contributed by atoms with Crippen LogP contribution in [-0.4, -0.2) is 18.5 Å². The van der Waals surface area contributed by atoms with E-state index < -0.39 is 7.26 Å². The summed E-state index contributed by atoms with van der Waals surface area (Å²) in [5, 5.41) is 8.92. The SMILES string of the molecule is CCCC[P+](/C=C/c1ccc(C#N)cc1)(CCCC)CCCC. The van der Waals surface area contributed by atoms with Gasteiger partial charge in [0, 0.05) is 7.26 Å². The first kappa shape index (κ1) is 19.9. The molecule has 23 heavy (non-hydrogen) atoms. The molecular formula is C21H33NP+. The topological polar surface area (TPSA) is 23.8 Å². The summed E-state index contributed by atoms with van der Waals surface area (Å²) in [7, 11) is -0.976. The Labute approximate surface area is 144 Å². The van der Waals surface area contributed by atoms with Crippen molar-refractivity contribution in [3.63, 3.8) is 0 Å². The third kappa shape index (κ3) is 7.32. The summed E-state index contributed by atoms with van der Waals surface area (Å²) < 4.78 is 0. The van der Waals surface area contributed by atoms with Gasteiger partial charge in [-0.2, -0.15) is 5.26 Å². The van der Waals surface area contributed by atoms with Crippen molar-refractivity contribution in [3.8, 4) is 6.07 Å². The first-order valence-electron chi connectivity index (χ1n) is 9.25. The van der Waals surface area contributed by atoms with Crippen molar-refractivity contribution in [2.75, 3.05) is 18.5 Å². The lowest BCUT2D eigenvalue weighted by atomic mass is 10.1. The third-order valence-corrected chi connectivity index (χ3v) is 8.90. The Morgan fingerprint density at radius 3 is 1.74 bits per heavy atom. The molecule has 0 N–H and O–H groups in total. The van der Waals surface area contributed by atoms with E-state index in [1.165, 1.54) is 62.6 Å². The summed E-state index contributed by atoms with van der Waals surface area (Å²) >= 11 is 0. The minimum Gasteiger partial charge on any atom is -0.192 e. The molecule has 0 aliphatic rings. The Morgan fingerprint density at radius 2 is 1.35 bits per heavy atom. The molecule has 0 aliphatic heterocycles. The second kappa shape index (κ2) is 11.4. The molecule has 0 atom stereocenters. The van der Waals surface area contributed by atoms with Gasteiger partial charge in [0.25, 0.3) is 0 Å². The van der Waals surface area contributed by atoms with Gasteiger partial charge in [0.15, 0.2) is 0 Å². The van der Waals surface area contributed by atoms with Gasteiger partial charge >= 0.3 is 0 Å². The lowest BCUT2D eigenvalue weighted by molar-refractivity contribution is 0.840. The molecule has 0 aromatic heterocycles. The van der Waals surface area contributed by atoms with Crippen LogP contribution in [0, 0.1) is 11.3 Å². The number of nitriles is 1. The van der Waals surface area contributed by atoms with E-state index in [4.69, 9.17) is 5.26 Å². The Morgan fingerprint density at radius 1 is 0.870 bits per heavy atom. The summed E-state index contributed by atoms with van der Waals surface area (Å²) in [6, 6.07) is 10.2. The zero-order chi connectivity index (χ0) is 17.0. The monoisotopic (exact) mass is 330 g/mol. The first-order chi connectivity index (χ1) is 11.2. The van der Waals surface area contributed by atoms with E-state index >= 15 is 0 Å². The van der Waals surface area contributed by atoms with Gasteiger partial charge in [-0.3, -0.25) is 0 Å². The van der Waals surface area contributed by atoms with Gasteiger partial charge in [-0.05, 0) is 43.0 Å². The van der Waals surface area contributed by atoms with Crippen LogP contribution >= 0.6 is 7.26 Å². The van der Waals surface area contributed by atoms with Crippen LogP contribution in [0.15, 0.2) is 30.1 Å². The van der Waals surface area contributed by atoms with Crippen molar-refractivity contribution in [2.45, 2.75) is 59.3 Å². The highest BCUT2D eigenvalue weighted by Gasteiger charge is 2.32. The summed E-state index contributed by atoms with van der Waals surface area (Å²) in [4.78, 5) is 0. The first-order valence-corrected chi connectivity index (χ1v) is 11.7. The van der Waals surface area contributed by atoms with E-state index in [2.05, 4.69) is 50.9 Å². The molecule has 126 valence electrons. The molecular weight excluding hydrogens is 297 g/mol. The predicted molar refractivity (Wildman–Crippen MR) is 106 cm³/mol. The van der Waals surface area contributed by atoms with E-state index in [9.17, 15) is 0 Å². The Balaban J connectivity index is 2.93. The number of hydrogen-bond acceptors (Lipinski definition) is 1. The van der Waals surface area contributed by atoms with Crippen LogP contribution in [0.4, 0.5) is 0 Å². The number of rotatable bonds is 11. The van der Waals surface area contributed by atoms with E-state index in [0.29, 0.717) is 0 Å². The van der Waals surface area contributed by atoms with Crippen LogP contribution < -0.4 is 0 Å². The summed E-state index contributed by atoms with van der Waals surface area (Å²) in [5.74, 6) is 2.59. The molecule has 0 saturated heterocycles. The lowest BCUT2D eigenvalue weighted by Gasteiger charge is -2.24. The largest absolute Gasteiger partial charge is 0.192 e. The number of nitrogens with zero attached hydrogens (tertiary/aromatic N) is 1. The van der Waals surface area contributed by atoms with Crippen LogP contribution in [0.2, 0.25) is 0 Å². The van der Waals surface area contributed by atoms with Gasteiger partial charge in [0.2, 0.25) is 0 Å². The molecule has 0 heterocycles. The van der Waals surface area contributed by atoms with Crippen molar-refractivity contribution >= 4 is 13.3 Å². The third-order valence-electron chi connectivity index (χ3n) is 4.49. The summed E-state index contributed by atoms with van der Waals surface area (Å²) in [6.45, 7) is 6.91. The maximum Gasteiger partial charge on any atom is 0.0991 e. The number of unbranched alkanes of at least 4 members (excludes halogenated alkanes) is 3. The molecule has 0 radical (unpaired) electrons. The van der Waals surface area contributed by atoms with Gasteiger partial charge in [-0.1, -0.05) is 52.2 Å². The zero-order valence-corrected chi connectivity index (χ0v) is 16.1. The average Bonchev–Trinajstić information content (AvgIpc) is 2.61. The number of benzene rings is 1. The quantitative estimate of drug-likeness (QED) is 0.403. The molecule has 0 bridgehead atoms. The molecule has 0 amide bonds. The van der Waals surface area contributed by atoms with E-state index in [1.807, 2.05) is 12.1 Å². The molecule has 1 aromatic carbocycles. The van der Waals surface area contributed by atoms with Crippen molar-refractivity contribution in [3.05, 3.63) is 41.2 Å². The van der Waals surface area contributed by atoms with Crippen LogP contribution in [0.1, 0.15) is 70.4 Å². The predicted octanol–water partition coefficient (Wildman–Crippen LogP) is 6.95. The smallest absolute Gasteiger partial charge is 0.0991 e. The van der Waals surface area contributed by atoms with Crippen molar-refractivity contribution in [2.24, 2.45) is 0 Å². The minimum atomic E-state index is -0.976. The molecule has 1 nitrogen and oxygen atoms in total. The standard InChI is InChI=1S/C21H33NP/c1-4-7-15-23(16-8-5-2,17-9-6-3)18-14-20-10-12-21(19-22)13-11-20/h10-14,18H,4-9,15-17H2,1-3H3/q+1/b18-14+. The molecule has 1 rings (SSSR count). The Hall–Kier alpha value is -1.12. The van der Waals surface area contributed by atoms with Crippen molar-refractivity contribution in [1.82, 2.24) is 0 Å². The average molecular weight is 330 g/mol. The normalized spacial score (nSPS) is 11.7. The summed E-state index contributed by atoms with van der Waals surface area (Å²) in [6.07, 6.45) is 14.5. The highest BCUT2D eigenvalue weighted by Crippen LogP contribution is 2.62. The van der Waals surface area contributed by atoms with Crippen LogP contribution in [0.25, 0.3) is 6.08 Å². The number of hydrogen-bond donors (Lipinski definition) is 0. The lowest BCUT2D eigenvalue weighted by Crippen LogP contribution is -2.06. The van der Waals surface area contributed by atoms with E-state index in [-0.39, 0.29) is 0 Å². The minimum absolute atomic E-state index is 0.742. The Bertz CT molecular complexity index is 474. The van der Waals surface area contributed by atoms with E-state index in [1.54, 1.807) is 0 Å². The fourth-order valence-electron chi connectivity index (χ4n) is 2.89. The second-order valence-electron chi connectivity index (χ2n) is 6.50. The van der Waals surface area contributed by atoms with Gasteiger partial charge < -0.3 is 0 Å². The molecule has 2 heteroatoms. The van der Waals surface area contributed by atoms with Crippen molar-refractivity contribution < 1.29 is 0 Å². The molecule has 0 aliphatic carbocycles. The fourth-order valence-corrected chi connectivity index (χ4v) is 7.34. The fraction of sp³-hybridized carbons (Fsp3) is 0.571. The van der Waals surface area contributed by atoms with Crippen LogP contribution in [0.5, 0.6) is 0 Å².